The van der Waals surface area contributed by atoms with Crippen LogP contribution in [-0.4, -0.2) is 55.4 Å². The van der Waals surface area contributed by atoms with Gasteiger partial charge >= 0.3 is 0 Å². The topological polar surface area (TPSA) is 53.3 Å². The summed E-state index contributed by atoms with van der Waals surface area (Å²) < 4.78 is 5.74. The van der Waals surface area contributed by atoms with Gasteiger partial charge in [-0.25, -0.2) is 0 Å². The van der Waals surface area contributed by atoms with Gasteiger partial charge in [-0.15, -0.1) is 0 Å². The van der Waals surface area contributed by atoms with Gasteiger partial charge in [0.15, 0.2) is 6.54 Å². The largest absolute Gasteiger partial charge is 0.471 e. The Kier molecular flexibility index (Phi) is 2.46. The van der Waals surface area contributed by atoms with Crippen molar-refractivity contribution in [3.63, 3.8) is 0 Å². The van der Waals surface area contributed by atoms with Crippen molar-refractivity contribution in [2.24, 2.45) is 0 Å². The molecule has 0 aromatic heterocycles. The molecule has 0 aromatic carbocycles. The highest BCUT2D eigenvalue weighted by atomic mass is 16.5. The molecule has 4 heteroatoms. The third kappa shape index (κ3) is 2.17. The van der Waals surface area contributed by atoms with Crippen LogP contribution in [0.2, 0.25) is 0 Å². The summed E-state index contributed by atoms with van der Waals surface area (Å²) >= 11 is 0. The van der Waals surface area contributed by atoms with Crippen molar-refractivity contribution < 1.29 is 14.3 Å². The molecular formula is C7H15N2O2+. The van der Waals surface area contributed by atoms with Gasteiger partial charge in [0.25, 0.3) is 0 Å². The fourth-order valence-corrected chi connectivity index (χ4v) is 1.29. The second kappa shape index (κ2) is 3.19. The number of ether oxygens (including phenoxy) is 1. The molecule has 1 saturated heterocycles. The van der Waals surface area contributed by atoms with E-state index in [0.717, 1.165) is 11.0 Å². The van der Waals surface area contributed by atoms with Gasteiger partial charge in [0, 0.05) is 0 Å². The van der Waals surface area contributed by atoms with E-state index in [2.05, 4.69) is 0 Å². The molecular weight excluding hydrogens is 144 g/mol. The van der Waals surface area contributed by atoms with Crippen molar-refractivity contribution >= 4 is 5.90 Å². The first-order chi connectivity index (χ1) is 5.16. The van der Waals surface area contributed by atoms with Crippen LogP contribution in [0.15, 0.2) is 0 Å². The molecule has 1 atom stereocenters. The normalized spacial score (nSPS) is 31.6. The lowest BCUT2D eigenvalue weighted by atomic mass is 10.3. The van der Waals surface area contributed by atoms with Crippen molar-refractivity contribution in [1.82, 2.24) is 0 Å². The maximum Gasteiger partial charge on any atom is 0.238 e. The summed E-state index contributed by atoms with van der Waals surface area (Å²) in [7, 11) is 2.04. The number of rotatable bonds is 2. The number of nitrogens with zero attached hydrogens (tertiary/aromatic N) is 1. The van der Waals surface area contributed by atoms with Crippen molar-refractivity contribution in [3.8, 4) is 0 Å². The molecule has 1 rings (SSSR count). The van der Waals surface area contributed by atoms with Crippen LogP contribution in [0.5, 0.6) is 0 Å². The van der Waals surface area contributed by atoms with Gasteiger partial charge in [0.1, 0.15) is 19.7 Å². The van der Waals surface area contributed by atoms with Crippen LogP contribution >= 0.6 is 0 Å². The highest BCUT2D eigenvalue weighted by Gasteiger charge is 2.28. The number of likely N-dealkylation sites (N-methyl/N-ethyl adjacent to an activating group) is 1. The Labute approximate surface area is 66.5 Å². The minimum atomic E-state index is 0.184. The number of quaternary nitrogens is 1. The molecule has 0 unspecified atom stereocenters. The molecule has 0 spiro atoms. The Morgan fingerprint density at radius 2 is 2.45 bits per heavy atom. The van der Waals surface area contributed by atoms with Gasteiger partial charge in [-0.3, -0.25) is 5.41 Å². The predicted octanol–water partition coefficient (Wildman–Crippen LogP) is -0.567. The molecule has 2 N–H and O–H groups in total. The number of hydrogen-bond acceptors (Lipinski definition) is 3. The van der Waals surface area contributed by atoms with Gasteiger partial charge in [0.05, 0.1) is 13.7 Å². The average molecular weight is 159 g/mol. The first kappa shape index (κ1) is 8.49. The molecule has 0 bridgehead atoms. The SMILES string of the molecule is C[N@+]1(CCO)CCOC(=N)C1. The smallest absolute Gasteiger partial charge is 0.238 e. The molecule has 1 fully saturated rings. The van der Waals surface area contributed by atoms with E-state index in [1.165, 1.54) is 0 Å². The predicted molar refractivity (Wildman–Crippen MR) is 41.5 cm³/mol. The third-order valence-electron chi connectivity index (χ3n) is 2.07. The van der Waals surface area contributed by atoms with Crippen LogP contribution in [0.25, 0.3) is 0 Å². The fourth-order valence-electron chi connectivity index (χ4n) is 1.29. The Morgan fingerprint density at radius 3 is 3.00 bits per heavy atom. The standard InChI is InChI=1S/C7H15N2O2/c1-9(2-4-10)3-5-11-7(8)6-9/h8,10H,2-6H2,1H3/q+1/t9-/m0/s1. The molecule has 1 aliphatic rings. The number of aliphatic hydroxyl groups excluding tert-OH is 1. The quantitative estimate of drug-likeness (QED) is 0.530. The maximum absolute atomic E-state index is 8.74. The molecule has 64 valence electrons. The maximum atomic E-state index is 8.74. The summed E-state index contributed by atoms with van der Waals surface area (Å²) in [5.74, 6) is 0.340. The molecule has 0 saturated carbocycles. The summed E-state index contributed by atoms with van der Waals surface area (Å²) in [5.41, 5.74) is 0. The lowest BCUT2D eigenvalue weighted by molar-refractivity contribution is -0.906. The van der Waals surface area contributed by atoms with E-state index in [0.29, 0.717) is 25.6 Å². The molecule has 0 amide bonds. The first-order valence-corrected chi connectivity index (χ1v) is 3.81. The second-order valence-corrected chi connectivity index (χ2v) is 3.22. The first-order valence-electron chi connectivity index (χ1n) is 3.81. The highest BCUT2D eigenvalue weighted by molar-refractivity contribution is 5.74. The van der Waals surface area contributed by atoms with Crippen LogP contribution in [-0.2, 0) is 4.74 Å². The van der Waals surface area contributed by atoms with Crippen LogP contribution in [0, 0.1) is 5.41 Å². The Morgan fingerprint density at radius 1 is 1.73 bits per heavy atom. The molecule has 1 heterocycles. The number of morpholine rings is 1. The Hall–Kier alpha value is -0.610. The van der Waals surface area contributed by atoms with E-state index in [1.54, 1.807) is 0 Å². The number of nitrogens with one attached hydrogen (secondary N) is 1. The molecule has 0 aliphatic carbocycles. The van der Waals surface area contributed by atoms with Crippen molar-refractivity contribution in [2.75, 3.05) is 39.9 Å². The molecule has 4 nitrogen and oxygen atoms in total. The summed E-state index contributed by atoms with van der Waals surface area (Å²) in [6, 6.07) is 0. The Balaban J connectivity index is 2.48. The lowest BCUT2D eigenvalue weighted by Crippen LogP contribution is -2.55. The number of hydrogen-bond donors (Lipinski definition) is 2. The molecule has 0 radical (unpaired) electrons. The second-order valence-electron chi connectivity index (χ2n) is 3.22. The zero-order valence-electron chi connectivity index (χ0n) is 6.84. The van der Waals surface area contributed by atoms with Gasteiger partial charge in [-0.1, -0.05) is 0 Å². The van der Waals surface area contributed by atoms with Crippen LogP contribution < -0.4 is 0 Å². The third-order valence-corrected chi connectivity index (χ3v) is 2.07. The zero-order chi connectivity index (χ0) is 8.32. The van der Waals surface area contributed by atoms with E-state index in [4.69, 9.17) is 15.3 Å². The average Bonchev–Trinajstić information content (AvgIpc) is 1.86. The van der Waals surface area contributed by atoms with Crippen molar-refractivity contribution in [2.45, 2.75) is 0 Å². The van der Waals surface area contributed by atoms with Crippen molar-refractivity contribution in [3.05, 3.63) is 0 Å². The van der Waals surface area contributed by atoms with Crippen LogP contribution in [0.4, 0.5) is 0 Å². The van der Waals surface area contributed by atoms with Crippen LogP contribution in [0.3, 0.4) is 0 Å². The summed E-state index contributed by atoms with van der Waals surface area (Å²) in [6.07, 6.45) is 0. The number of aliphatic hydroxyl groups is 1. The highest BCUT2D eigenvalue weighted by Crippen LogP contribution is 2.07. The summed E-state index contributed by atoms with van der Waals surface area (Å²) in [4.78, 5) is 0. The summed E-state index contributed by atoms with van der Waals surface area (Å²) in [6.45, 7) is 3.01. The van der Waals surface area contributed by atoms with Crippen LogP contribution in [0.1, 0.15) is 0 Å². The van der Waals surface area contributed by atoms with Crippen molar-refractivity contribution in [1.29, 1.82) is 5.41 Å². The summed E-state index contributed by atoms with van der Waals surface area (Å²) in [5, 5.41) is 16.0. The zero-order valence-corrected chi connectivity index (χ0v) is 6.84. The Bertz CT molecular complexity index is 157. The van der Waals surface area contributed by atoms with E-state index in [9.17, 15) is 0 Å². The molecule has 11 heavy (non-hydrogen) atoms. The van der Waals surface area contributed by atoms with Gasteiger partial charge in [0.2, 0.25) is 5.90 Å². The fraction of sp³-hybridized carbons (Fsp3) is 0.857. The van der Waals surface area contributed by atoms with Gasteiger partial charge in [-0.05, 0) is 0 Å². The van der Waals surface area contributed by atoms with Gasteiger partial charge < -0.3 is 14.3 Å². The monoisotopic (exact) mass is 159 g/mol. The van der Waals surface area contributed by atoms with E-state index in [1.807, 2.05) is 7.05 Å². The molecule has 0 aromatic rings. The van der Waals surface area contributed by atoms with E-state index in [-0.39, 0.29) is 6.61 Å². The van der Waals surface area contributed by atoms with Gasteiger partial charge in [-0.2, -0.15) is 0 Å². The molecule has 1 aliphatic heterocycles. The lowest BCUT2D eigenvalue weighted by Gasteiger charge is -2.36. The minimum Gasteiger partial charge on any atom is -0.471 e. The van der Waals surface area contributed by atoms with E-state index < -0.39 is 0 Å². The van der Waals surface area contributed by atoms with E-state index >= 15 is 0 Å². The minimum absolute atomic E-state index is 0.184.